The summed E-state index contributed by atoms with van der Waals surface area (Å²) in [6.07, 6.45) is 1.25. The quantitative estimate of drug-likeness (QED) is 0.657. The molecule has 0 unspecified atom stereocenters. The first-order chi connectivity index (χ1) is 15.5. The lowest BCUT2D eigenvalue weighted by Crippen LogP contribution is -2.46. The Morgan fingerprint density at radius 1 is 1.16 bits per heavy atom. The van der Waals surface area contributed by atoms with Crippen molar-refractivity contribution in [2.24, 2.45) is 0 Å². The van der Waals surface area contributed by atoms with Gasteiger partial charge in [-0.3, -0.25) is 14.4 Å². The van der Waals surface area contributed by atoms with Gasteiger partial charge >= 0.3 is 0 Å². The van der Waals surface area contributed by atoms with Gasteiger partial charge in [-0.2, -0.15) is 0 Å². The highest BCUT2D eigenvalue weighted by atomic mass is 19.1. The molecule has 2 aliphatic heterocycles. The molecule has 9 heteroatoms. The van der Waals surface area contributed by atoms with Crippen molar-refractivity contribution in [3.63, 3.8) is 0 Å². The normalized spacial score (nSPS) is 19.3. The average molecular weight is 436 g/mol. The van der Waals surface area contributed by atoms with Crippen LogP contribution in [-0.2, 0) is 9.59 Å². The van der Waals surface area contributed by atoms with E-state index in [9.17, 15) is 18.8 Å². The summed E-state index contributed by atoms with van der Waals surface area (Å²) in [4.78, 5) is 39.6. The fraction of sp³-hybridized carbons (Fsp3) is 0.304. The number of amides is 3. The van der Waals surface area contributed by atoms with Gasteiger partial charge in [-0.25, -0.2) is 4.39 Å². The predicted molar refractivity (Wildman–Crippen MR) is 113 cm³/mol. The summed E-state index contributed by atoms with van der Waals surface area (Å²) in [5, 5.41) is 10.3. The molecule has 1 aromatic heterocycles. The van der Waals surface area contributed by atoms with E-state index in [1.54, 1.807) is 35.2 Å². The van der Waals surface area contributed by atoms with Crippen molar-refractivity contribution in [1.82, 2.24) is 15.4 Å². The smallest absolute Gasteiger partial charge is 0.254 e. The van der Waals surface area contributed by atoms with E-state index < -0.39 is 11.9 Å². The monoisotopic (exact) mass is 436 g/mol. The van der Waals surface area contributed by atoms with Gasteiger partial charge in [-0.1, -0.05) is 17.3 Å². The number of anilines is 1. The first-order valence-corrected chi connectivity index (χ1v) is 10.5. The molecular weight excluding hydrogens is 415 g/mol. The Bertz CT molecular complexity index is 1220. The second kappa shape index (κ2) is 8.07. The number of carbonyl (C=O) groups is 3. The maximum Gasteiger partial charge on any atom is 0.254 e. The van der Waals surface area contributed by atoms with Gasteiger partial charge in [0.05, 0.1) is 23.4 Å². The molecule has 0 aliphatic carbocycles. The molecule has 1 atom stereocenters. The highest BCUT2D eigenvalue weighted by Gasteiger charge is 2.33. The van der Waals surface area contributed by atoms with Crippen LogP contribution in [0.3, 0.4) is 0 Å². The number of hydrogen-bond donors (Lipinski definition) is 2. The van der Waals surface area contributed by atoms with Crippen LogP contribution >= 0.6 is 0 Å². The van der Waals surface area contributed by atoms with E-state index >= 15 is 0 Å². The Morgan fingerprint density at radius 2 is 1.94 bits per heavy atom. The fourth-order valence-electron chi connectivity index (χ4n) is 4.39. The molecule has 164 valence electrons. The first-order valence-electron chi connectivity index (χ1n) is 10.5. The number of nitrogens with one attached hydrogen (secondary N) is 2. The van der Waals surface area contributed by atoms with E-state index in [0.29, 0.717) is 42.8 Å². The Labute approximate surface area is 182 Å². The molecule has 8 nitrogen and oxygen atoms in total. The van der Waals surface area contributed by atoms with Crippen LogP contribution in [0.25, 0.3) is 11.0 Å². The Hall–Kier alpha value is -3.75. The zero-order valence-electron chi connectivity index (χ0n) is 17.1. The molecule has 0 radical (unpaired) electrons. The molecule has 5 rings (SSSR count). The van der Waals surface area contributed by atoms with Crippen molar-refractivity contribution >= 4 is 34.4 Å². The molecule has 32 heavy (non-hydrogen) atoms. The Balaban J connectivity index is 1.22. The van der Waals surface area contributed by atoms with Crippen LogP contribution in [0.15, 0.2) is 47.0 Å². The van der Waals surface area contributed by atoms with Crippen LogP contribution in [0.2, 0.25) is 0 Å². The molecule has 1 saturated heterocycles. The third kappa shape index (κ3) is 3.70. The number of aromatic nitrogens is 1. The van der Waals surface area contributed by atoms with Crippen LogP contribution in [-0.4, -0.2) is 46.9 Å². The number of nitrogens with zero attached hydrogens (tertiary/aromatic N) is 2. The van der Waals surface area contributed by atoms with Gasteiger partial charge in [0.1, 0.15) is 11.9 Å². The highest BCUT2D eigenvalue weighted by Crippen LogP contribution is 2.33. The summed E-state index contributed by atoms with van der Waals surface area (Å²) < 4.78 is 18.7. The van der Waals surface area contributed by atoms with Gasteiger partial charge in [-0.05, 0) is 37.1 Å². The number of halogens is 1. The molecule has 2 aromatic carbocycles. The third-order valence-corrected chi connectivity index (χ3v) is 6.13. The number of rotatable bonds is 3. The summed E-state index contributed by atoms with van der Waals surface area (Å²) in [6.45, 7) is 1.00. The second-order valence-corrected chi connectivity index (χ2v) is 8.13. The van der Waals surface area contributed by atoms with Crippen molar-refractivity contribution in [1.29, 1.82) is 0 Å². The molecule has 0 saturated carbocycles. The van der Waals surface area contributed by atoms with Crippen molar-refractivity contribution < 1.29 is 23.3 Å². The molecule has 0 spiro atoms. The molecule has 3 aromatic rings. The lowest BCUT2D eigenvalue weighted by atomic mass is 9.91. The third-order valence-electron chi connectivity index (χ3n) is 6.13. The number of piperidine rings is 1. The first kappa shape index (κ1) is 20.2. The van der Waals surface area contributed by atoms with Crippen LogP contribution in [0, 0.1) is 5.82 Å². The molecule has 3 heterocycles. The van der Waals surface area contributed by atoms with Crippen molar-refractivity contribution in [2.75, 3.05) is 18.4 Å². The van der Waals surface area contributed by atoms with Crippen LogP contribution in [0.4, 0.5) is 10.1 Å². The van der Waals surface area contributed by atoms with Gasteiger partial charge < -0.3 is 20.1 Å². The van der Waals surface area contributed by atoms with E-state index in [1.807, 2.05) is 0 Å². The van der Waals surface area contributed by atoms with Crippen LogP contribution < -0.4 is 10.6 Å². The number of hydrogen-bond acceptors (Lipinski definition) is 5. The van der Waals surface area contributed by atoms with E-state index in [-0.39, 0.29) is 30.0 Å². The zero-order chi connectivity index (χ0) is 22.2. The van der Waals surface area contributed by atoms with Crippen molar-refractivity contribution in [3.8, 4) is 0 Å². The predicted octanol–water partition coefficient (Wildman–Crippen LogP) is 2.81. The fourth-order valence-corrected chi connectivity index (χ4v) is 4.39. The summed E-state index contributed by atoms with van der Waals surface area (Å²) in [5.41, 5.74) is 2.00. The average Bonchev–Trinajstić information content (AvgIpc) is 3.17. The summed E-state index contributed by atoms with van der Waals surface area (Å²) in [7, 11) is 0. The largest absolute Gasteiger partial charge is 0.356 e. The van der Waals surface area contributed by atoms with Gasteiger partial charge in [0.25, 0.3) is 5.91 Å². The highest BCUT2D eigenvalue weighted by molar-refractivity contribution is 6.10. The number of fused-ring (bicyclic) bond motifs is 2. The number of para-hydroxylation sites is 1. The topological polar surface area (TPSA) is 105 Å². The van der Waals surface area contributed by atoms with Crippen LogP contribution in [0.5, 0.6) is 0 Å². The van der Waals surface area contributed by atoms with Crippen molar-refractivity contribution in [2.45, 2.75) is 31.2 Å². The molecule has 0 bridgehead atoms. The van der Waals surface area contributed by atoms with Gasteiger partial charge in [0.15, 0.2) is 5.58 Å². The minimum atomic E-state index is -0.936. The SMILES string of the molecule is O=C1N[C@@H](CC(=O)N2CCC(c3noc4cc(F)ccc34)CC2)C(=O)Nc2ccccc21. The van der Waals surface area contributed by atoms with Crippen molar-refractivity contribution in [3.05, 3.63) is 59.5 Å². The van der Waals surface area contributed by atoms with E-state index in [4.69, 9.17) is 4.52 Å². The lowest BCUT2D eigenvalue weighted by Gasteiger charge is -2.32. The summed E-state index contributed by atoms with van der Waals surface area (Å²) in [5.74, 6) is -1.26. The summed E-state index contributed by atoms with van der Waals surface area (Å²) >= 11 is 0. The lowest BCUT2D eigenvalue weighted by molar-refractivity contribution is -0.134. The minimum absolute atomic E-state index is 0.0983. The van der Waals surface area contributed by atoms with Gasteiger partial charge in [-0.15, -0.1) is 0 Å². The van der Waals surface area contributed by atoms with Crippen LogP contribution in [0.1, 0.15) is 41.2 Å². The van der Waals surface area contributed by atoms with E-state index in [1.165, 1.54) is 12.1 Å². The Kier molecular flexibility index (Phi) is 5.08. The van der Waals surface area contributed by atoms with E-state index in [0.717, 1.165) is 11.1 Å². The number of carbonyl (C=O) groups excluding carboxylic acids is 3. The second-order valence-electron chi connectivity index (χ2n) is 8.13. The standard InChI is InChI=1S/C23H21FN4O4/c24-14-5-6-16-19(11-14)32-27-21(16)13-7-9-28(10-8-13)20(29)12-18-23(31)25-17-4-2-1-3-15(17)22(30)26-18/h1-6,11,13,18H,7-10,12H2,(H,25,31)(H,26,30)/t18-/m0/s1. The molecule has 1 fully saturated rings. The summed E-state index contributed by atoms with van der Waals surface area (Å²) in [6, 6.07) is 10.2. The minimum Gasteiger partial charge on any atom is -0.356 e. The molecule has 3 amide bonds. The molecular formula is C23H21FN4O4. The number of likely N-dealkylation sites (tertiary alicyclic amines) is 1. The molecule has 2 aliphatic rings. The Morgan fingerprint density at radius 3 is 2.75 bits per heavy atom. The number of benzene rings is 2. The van der Waals surface area contributed by atoms with Gasteiger partial charge in [0, 0.05) is 30.5 Å². The maximum atomic E-state index is 13.4. The maximum absolute atomic E-state index is 13.4. The zero-order valence-corrected chi connectivity index (χ0v) is 17.1. The van der Waals surface area contributed by atoms with Gasteiger partial charge in [0.2, 0.25) is 11.8 Å². The molecule has 2 N–H and O–H groups in total. The van der Waals surface area contributed by atoms with E-state index in [2.05, 4.69) is 15.8 Å².